The highest BCUT2D eigenvalue weighted by Crippen LogP contribution is 2.40. The maximum absolute atomic E-state index is 12.3. The third-order valence-corrected chi connectivity index (χ3v) is 4.79. The van der Waals surface area contributed by atoms with E-state index in [1.807, 2.05) is 43.9 Å². The molecule has 1 unspecified atom stereocenters. The molecule has 2 rings (SSSR count). The Morgan fingerprint density at radius 2 is 2.05 bits per heavy atom. The Labute approximate surface area is 118 Å². The molecule has 0 saturated heterocycles. The lowest BCUT2D eigenvalue weighted by Gasteiger charge is -2.32. The zero-order valence-corrected chi connectivity index (χ0v) is 12.4. The van der Waals surface area contributed by atoms with Crippen LogP contribution in [0.2, 0.25) is 0 Å². The van der Waals surface area contributed by atoms with Crippen molar-refractivity contribution in [3.8, 4) is 0 Å². The molecule has 4 heteroatoms. The largest absolute Gasteiger partial charge is 0.311 e. The van der Waals surface area contributed by atoms with Crippen LogP contribution in [0, 0.1) is 0 Å². The SMILES string of the molecule is CCC(=O)c1ccc2c(c1)SC(CC)C(=O)N2CC. The molecule has 1 aliphatic rings. The number of nitrogens with zero attached hydrogens (tertiary/aromatic N) is 1. The number of thioether (sulfide) groups is 1. The van der Waals surface area contributed by atoms with Gasteiger partial charge in [-0.25, -0.2) is 0 Å². The number of carbonyl (C=O) groups is 2. The second-order valence-electron chi connectivity index (χ2n) is 4.56. The number of fused-ring (bicyclic) bond motifs is 1. The minimum absolute atomic E-state index is 0.0283. The maximum atomic E-state index is 12.3. The van der Waals surface area contributed by atoms with Gasteiger partial charge in [0, 0.05) is 23.4 Å². The normalized spacial score (nSPS) is 18.4. The molecule has 1 amide bonds. The third kappa shape index (κ3) is 2.54. The summed E-state index contributed by atoms with van der Waals surface area (Å²) in [5.41, 5.74) is 1.68. The van der Waals surface area contributed by atoms with Crippen LogP contribution in [0.4, 0.5) is 5.69 Å². The molecule has 1 aromatic carbocycles. The van der Waals surface area contributed by atoms with E-state index in [1.54, 1.807) is 11.8 Å². The van der Waals surface area contributed by atoms with E-state index in [0.29, 0.717) is 13.0 Å². The highest BCUT2D eigenvalue weighted by molar-refractivity contribution is 8.01. The Kier molecular flexibility index (Phi) is 4.30. The summed E-state index contributed by atoms with van der Waals surface area (Å²) in [4.78, 5) is 26.9. The van der Waals surface area contributed by atoms with Gasteiger partial charge in [0.2, 0.25) is 5.91 Å². The van der Waals surface area contributed by atoms with Crippen molar-refractivity contribution in [2.24, 2.45) is 0 Å². The average molecular weight is 277 g/mol. The van der Waals surface area contributed by atoms with Gasteiger partial charge >= 0.3 is 0 Å². The van der Waals surface area contributed by atoms with Crippen LogP contribution in [0.5, 0.6) is 0 Å². The summed E-state index contributed by atoms with van der Waals surface area (Å²) in [5.74, 6) is 0.327. The van der Waals surface area contributed by atoms with Crippen molar-refractivity contribution in [1.82, 2.24) is 0 Å². The second-order valence-corrected chi connectivity index (χ2v) is 5.80. The van der Waals surface area contributed by atoms with Gasteiger partial charge in [0.15, 0.2) is 5.78 Å². The highest BCUT2D eigenvalue weighted by atomic mass is 32.2. The summed E-state index contributed by atoms with van der Waals surface area (Å²) in [6, 6.07) is 5.66. The van der Waals surface area contributed by atoms with Crippen LogP contribution in [0.15, 0.2) is 23.1 Å². The number of hydrogen-bond acceptors (Lipinski definition) is 3. The number of hydrogen-bond donors (Lipinski definition) is 0. The molecule has 0 fully saturated rings. The lowest BCUT2D eigenvalue weighted by molar-refractivity contribution is -0.118. The van der Waals surface area contributed by atoms with Crippen LogP contribution in [-0.2, 0) is 4.79 Å². The van der Waals surface area contributed by atoms with E-state index in [4.69, 9.17) is 0 Å². The highest BCUT2D eigenvalue weighted by Gasteiger charge is 2.31. The van der Waals surface area contributed by atoms with Crippen molar-refractivity contribution >= 4 is 29.1 Å². The van der Waals surface area contributed by atoms with Gasteiger partial charge in [-0.1, -0.05) is 13.8 Å². The molecule has 1 heterocycles. The molecule has 0 radical (unpaired) electrons. The quantitative estimate of drug-likeness (QED) is 0.790. The summed E-state index contributed by atoms with van der Waals surface area (Å²) in [6.07, 6.45) is 1.32. The predicted octanol–water partition coefficient (Wildman–Crippen LogP) is 3.52. The molecule has 0 aromatic heterocycles. The molecule has 1 atom stereocenters. The molecule has 0 N–H and O–H groups in total. The summed E-state index contributed by atoms with van der Waals surface area (Å²) >= 11 is 1.58. The molecule has 1 aliphatic heterocycles. The van der Waals surface area contributed by atoms with Crippen molar-refractivity contribution in [2.75, 3.05) is 11.4 Å². The first-order valence-electron chi connectivity index (χ1n) is 6.77. The van der Waals surface area contributed by atoms with Crippen molar-refractivity contribution in [2.45, 2.75) is 43.8 Å². The average Bonchev–Trinajstić information content (AvgIpc) is 2.45. The van der Waals surface area contributed by atoms with Gasteiger partial charge in [0.1, 0.15) is 0 Å². The molecule has 0 bridgehead atoms. The van der Waals surface area contributed by atoms with Crippen LogP contribution in [0.3, 0.4) is 0 Å². The lowest BCUT2D eigenvalue weighted by Crippen LogP contribution is -2.40. The van der Waals surface area contributed by atoms with E-state index in [1.165, 1.54) is 0 Å². The lowest BCUT2D eigenvalue weighted by atomic mass is 10.1. The number of carbonyl (C=O) groups excluding carboxylic acids is 2. The minimum atomic E-state index is -0.0283. The Balaban J connectivity index is 2.44. The van der Waals surface area contributed by atoms with E-state index in [-0.39, 0.29) is 16.9 Å². The Morgan fingerprint density at radius 1 is 1.32 bits per heavy atom. The van der Waals surface area contributed by atoms with Crippen LogP contribution in [0.1, 0.15) is 44.0 Å². The van der Waals surface area contributed by atoms with Gasteiger partial charge in [-0.2, -0.15) is 0 Å². The molecule has 0 aliphatic carbocycles. The van der Waals surface area contributed by atoms with Crippen LogP contribution < -0.4 is 4.90 Å². The zero-order valence-electron chi connectivity index (χ0n) is 11.6. The van der Waals surface area contributed by atoms with Crippen LogP contribution >= 0.6 is 11.8 Å². The first-order valence-corrected chi connectivity index (χ1v) is 7.65. The number of amides is 1. The number of ketones is 1. The molecule has 3 nitrogen and oxygen atoms in total. The molecule has 0 saturated carbocycles. The van der Waals surface area contributed by atoms with Crippen molar-refractivity contribution in [1.29, 1.82) is 0 Å². The fraction of sp³-hybridized carbons (Fsp3) is 0.467. The molecule has 0 spiro atoms. The first-order chi connectivity index (χ1) is 9.12. The van der Waals surface area contributed by atoms with E-state index < -0.39 is 0 Å². The summed E-state index contributed by atoms with van der Waals surface area (Å²) in [6.45, 7) is 6.54. The molecule has 102 valence electrons. The minimum Gasteiger partial charge on any atom is -0.311 e. The van der Waals surface area contributed by atoms with Crippen molar-refractivity contribution < 1.29 is 9.59 Å². The number of Topliss-reactive ketones (excluding diaryl/α,β-unsaturated/α-hetero) is 1. The van der Waals surface area contributed by atoms with E-state index in [2.05, 4.69) is 0 Å². The fourth-order valence-electron chi connectivity index (χ4n) is 2.29. The van der Waals surface area contributed by atoms with Crippen molar-refractivity contribution in [3.63, 3.8) is 0 Å². The number of benzene rings is 1. The van der Waals surface area contributed by atoms with E-state index in [9.17, 15) is 9.59 Å². The maximum Gasteiger partial charge on any atom is 0.240 e. The van der Waals surface area contributed by atoms with Gasteiger partial charge < -0.3 is 4.90 Å². The van der Waals surface area contributed by atoms with Gasteiger partial charge in [-0.05, 0) is 31.5 Å². The van der Waals surface area contributed by atoms with Crippen LogP contribution in [-0.4, -0.2) is 23.5 Å². The van der Waals surface area contributed by atoms with Crippen LogP contribution in [0.25, 0.3) is 0 Å². The van der Waals surface area contributed by atoms with Gasteiger partial charge in [-0.15, -0.1) is 11.8 Å². The van der Waals surface area contributed by atoms with Gasteiger partial charge in [0.25, 0.3) is 0 Å². The Hall–Kier alpha value is -1.29. The smallest absolute Gasteiger partial charge is 0.240 e. The van der Waals surface area contributed by atoms with E-state index >= 15 is 0 Å². The van der Waals surface area contributed by atoms with Crippen molar-refractivity contribution in [3.05, 3.63) is 23.8 Å². The Morgan fingerprint density at radius 3 is 2.63 bits per heavy atom. The Bertz CT molecular complexity index is 513. The topological polar surface area (TPSA) is 37.4 Å². The summed E-state index contributed by atoms with van der Waals surface area (Å²) in [7, 11) is 0. The molecular formula is C15H19NO2S. The monoisotopic (exact) mass is 277 g/mol. The van der Waals surface area contributed by atoms with Gasteiger partial charge in [-0.3, -0.25) is 9.59 Å². The standard InChI is InChI=1S/C15H19NO2S/c1-4-12(17)10-7-8-11-14(9-10)19-13(5-2)15(18)16(11)6-3/h7-9,13H,4-6H2,1-3H3. The van der Waals surface area contributed by atoms with E-state index in [0.717, 1.165) is 22.6 Å². The van der Waals surface area contributed by atoms with Gasteiger partial charge in [0.05, 0.1) is 10.9 Å². The fourth-order valence-corrected chi connectivity index (χ4v) is 3.48. The molecule has 19 heavy (non-hydrogen) atoms. The summed E-state index contributed by atoms with van der Waals surface area (Å²) < 4.78 is 0. The third-order valence-electron chi connectivity index (χ3n) is 3.39. The predicted molar refractivity (Wildman–Crippen MR) is 79.0 cm³/mol. The molecule has 1 aromatic rings. The summed E-state index contributed by atoms with van der Waals surface area (Å²) in [5, 5.41) is -0.0283. The number of anilines is 1. The molecular weight excluding hydrogens is 258 g/mol. The zero-order chi connectivity index (χ0) is 14.0. The number of rotatable bonds is 4. The first kappa shape index (κ1) is 14.1. The second kappa shape index (κ2) is 5.78.